The number of hydrogen-bond donors (Lipinski definition) is 7. The SMILES string of the molecule is O=C(O)[C@H](Cc1ccccc1)NC(=O)[C@H](CCOCCS)NC(=O)[C@H](CCCCCS)NC(=O)[C@@H]1CCCN1. The van der Waals surface area contributed by atoms with E-state index in [4.69, 9.17) is 4.74 Å². The van der Waals surface area contributed by atoms with Crippen molar-refractivity contribution in [3.8, 4) is 0 Å². The summed E-state index contributed by atoms with van der Waals surface area (Å²) >= 11 is 8.34. The van der Waals surface area contributed by atoms with Gasteiger partial charge in [-0.05, 0) is 50.0 Å². The number of unbranched alkanes of at least 4 members (excludes halogenated alkanes) is 2. The molecule has 1 fully saturated rings. The van der Waals surface area contributed by atoms with Gasteiger partial charge in [0.25, 0.3) is 0 Å². The summed E-state index contributed by atoms with van der Waals surface area (Å²) in [5.74, 6) is -1.31. The molecule has 0 unspecified atom stereocenters. The summed E-state index contributed by atoms with van der Waals surface area (Å²) in [6.07, 6.45) is 4.67. The van der Waals surface area contributed by atoms with Gasteiger partial charge in [-0.25, -0.2) is 4.79 Å². The molecule has 39 heavy (non-hydrogen) atoms. The summed E-state index contributed by atoms with van der Waals surface area (Å²) in [5, 5.41) is 21.0. The van der Waals surface area contributed by atoms with E-state index in [0.29, 0.717) is 31.6 Å². The van der Waals surface area contributed by atoms with Crippen LogP contribution in [0.1, 0.15) is 50.5 Å². The number of hydrogen-bond acceptors (Lipinski definition) is 8. The molecule has 1 aliphatic heterocycles. The van der Waals surface area contributed by atoms with Crippen LogP contribution in [0.3, 0.4) is 0 Å². The number of ether oxygens (including phenoxy) is 1. The lowest BCUT2D eigenvalue weighted by Gasteiger charge is -2.25. The molecule has 4 atom stereocenters. The molecule has 218 valence electrons. The van der Waals surface area contributed by atoms with Crippen molar-refractivity contribution in [2.24, 2.45) is 0 Å². The molecule has 0 bridgehead atoms. The maximum Gasteiger partial charge on any atom is 0.326 e. The molecule has 1 saturated heterocycles. The first-order valence-corrected chi connectivity index (χ1v) is 14.8. The molecule has 3 amide bonds. The van der Waals surface area contributed by atoms with Gasteiger partial charge in [-0.1, -0.05) is 43.2 Å². The van der Waals surface area contributed by atoms with Crippen LogP contribution >= 0.6 is 25.3 Å². The highest BCUT2D eigenvalue weighted by Crippen LogP contribution is 2.10. The molecule has 0 spiro atoms. The first-order valence-electron chi connectivity index (χ1n) is 13.6. The van der Waals surface area contributed by atoms with Crippen LogP contribution < -0.4 is 21.3 Å². The maximum absolute atomic E-state index is 13.4. The topological polar surface area (TPSA) is 146 Å². The van der Waals surface area contributed by atoms with Gasteiger partial charge >= 0.3 is 5.97 Å². The molecule has 2 rings (SSSR count). The second kappa shape index (κ2) is 18.9. The number of carboxylic acid groups (broad SMARTS) is 1. The molecule has 0 saturated carbocycles. The number of carbonyl (C=O) groups is 4. The minimum atomic E-state index is -1.18. The minimum absolute atomic E-state index is 0.0942. The third kappa shape index (κ3) is 12.6. The number of aliphatic carboxylic acids is 1. The van der Waals surface area contributed by atoms with Gasteiger partial charge in [-0.3, -0.25) is 14.4 Å². The molecule has 12 heteroatoms. The summed E-state index contributed by atoms with van der Waals surface area (Å²) in [5.41, 5.74) is 0.757. The highest BCUT2D eigenvalue weighted by molar-refractivity contribution is 7.80. The van der Waals surface area contributed by atoms with E-state index < -0.39 is 35.9 Å². The van der Waals surface area contributed by atoms with Gasteiger partial charge in [-0.2, -0.15) is 25.3 Å². The molecule has 0 aromatic heterocycles. The van der Waals surface area contributed by atoms with E-state index in [1.807, 2.05) is 6.07 Å². The van der Waals surface area contributed by atoms with Crippen LogP contribution in [0.4, 0.5) is 0 Å². The Hall–Kier alpha value is -2.28. The Morgan fingerprint density at radius 2 is 1.59 bits per heavy atom. The van der Waals surface area contributed by atoms with Crippen molar-refractivity contribution in [3.05, 3.63) is 35.9 Å². The molecule has 0 radical (unpaired) electrons. The molecule has 1 heterocycles. The Bertz CT molecular complexity index is 902. The van der Waals surface area contributed by atoms with Crippen LogP contribution in [0.2, 0.25) is 0 Å². The van der Waals surface area contributed by atoms with Crippen molar-refractivity contribution in [1.82, 2.24) is 21.3 Å². The summed E-state index contributed by atoms with van der Waals surface area (Å²) in [7, 11) is 0. The van der Waals surface area contributed by atoms with Gasteiger partial charge in [0.05, 0.1) is 12.6 Å². The Morgan fingerprint density at radius 3 is 2.21 bits per heavy atom. The van der Waals surface area contributed by atoms with Gasteiger partial charge in [0.2, 0.25) is 17.7 Å². The lowest BCUT2D eigenvalue weighted by Crippen LogP contribution is -2.57. The molecule has 1 aromatic carbocycles. The number of carbonyl (C=O) groups excluding carboxylic acids is 3. The second-order valence-electron chi connectivity index (χ2n) is 9.56. The molecular formula is C27H42N4O6S2. The van der Waals surface area contributed by atoms with E-state index in [9.17, 15) is 24.3 Å². The predicted octanol–water partition coefficient (Wildman–Crippen LogP) is 1.35. The van der Waals surface area contributed by atoms with Gasteiger partial charge in [-0.15, -0.1) is 0 Å². The van der Waals surface area contributed by atoms with E-state index >= 15 is 0 Å². The third-order valence-corrected chi connectivity index (χ3v) is 6.98. The number of carboxylic acids is 1. The van der Waals surface area contributed by atoms with Crippen LogP contribution in [0.15, 0.2) is 30.3 Å². The average Bonchev–Trinajstić information content (AvgIpc) is 3.47. The monoisotopic (exact) mass is 582 g/mol. The molecule has 5 N–H and O–H groups in total. The van der Waals surface area contributed by atoms with Gasteiger partial charge in [0, 0.05) is 18.8 Å². The van der Waals surface area contributed by atoms with Crippen LogP contribution in [-0.4, -0.2) is 84.2 Å². The van der Waals surface area contributed by atoms with Crippen LogP contribution in [0.25, 0.3) is 0 Å². The first kappa shape index (κ1) is 32.9. The first-order chi connectivity index (χ1) is 18.8. The zero-order valence-electron chi connectivity index (χ0n) is 22.3. The average molecular weight is 583 g/mol. The van der Waals surface area contributed by atoms with E-state index in [0.717, 1.165) is 37.1 Å². The second-order valence-corrected chi connectivity index (χ2v) is 10.5. The van der Waals surface area contributed by atoms with Crippen molar-refractivity contribution in [2.45, 2.75) is 75.5 Å². The number of rotatable bonds is 19. The minimum Gasteiger partial charge on any atom is -0.480 e. The zero-order valence-corrected chi connectivity index (χ0v) is 24.1. The van der Waals surface area contributed by atoms with Crippen molar-refractivity contribution in [3.63, 3.8) is 0 Å². The maximum atomic E-state index is 13.4. The smallest absolute Gasteiger partial charge is 0.326 e. The lowest BCUT2D eigenvalue weighted by molar-refractivity contribution is -0.142. The highest BCUT2D eigenvalue weighted by atomic mass is 32.1. The van der Waals surface area contributed by atoms with E-state index in [-0.39, 0.29) is 31.4 Å². The van der Waals surface area contributed by atoms with Crippen molar-refractivity contribution >= 4 is 48.9 Å². The Kier molecular flexibility index (Phi) is 16.0. The van der Waals surface area contributed by atoms with Crippen molar-refractivity contribution in [1.29, 1.82) is 0 Å². The number of nitrogens with one attached hydrogen (secondary N) is 4. The number of amides is 3. The van der Waals surface area contributed by atoms with E-state index in [2.05, 4.69) is 46.5 Å². The van der Waals surface area contributed by atoms with Crippen LogP contribution in [0.5, 0.6) is 0 Å². The Labute approximate surface area is 241 Å². The fourth-order valence-electron chi connectivity index (χ4n) is 4.32. The normalized spacial score (nSPS) is 17.1. The van der Waals surface area contributed by atoms with Crippen LogP contribution in [0, 0.1) is 0 Å². The highest BCUT2D eigenvalue weighted by Gasteiger charge is 2.31. The van der Waals surface area contributed by atoms with Gasteiger partial charge < -0.3 is 31.1 Å². The predicted molar refractivity (Wildman–Crippen MR) is 156 cm³/mol. The van der Waals surface area contributed by atoms with Crippen molar-refractivity contribution in [2.75, 3.05) is 31.3 Å². The lowest BCUT2D eigenvalue weighted by atomic mass is 10.0. The fraction of sp³-hybridized carbons (Fsp3) is 0.630. The summed E-state index contributed by atoms with van der Waals surface area (Å²) in [6.45, 7) is 1.29. The number of benzene rings is 1. The summed E-state index contributed by atoms with van der Waals surface area (Å²) in [4.78, 5) is 51.3. The third-order valence-electron chi connectivity index (χ3n) is 6.48. The molecular weight excluding hydrogens is 540 g/mol. The fourth-order valence-corrected chi connectivity index (χ4v) is 4.67. The van der Waals surface area contributed by atoms with E-state index in [1.54, 1.807) is 24.3 Å². The molecule has 1 aromatic rings. The van der Waals surface area contributed by atoms with E-state index in [1.165, 1.54) is 0 Å². The van der Waals surface area contributed by atoms with Crippen LogP contribution in [-0.2, 0) is 30.3 Å². The standard InChI is InChI=1S/C27H42N4O6S2/c32-24(20-11-7-13-28-20)29-21(10-5-2-6-16-38)25(33)30-22(12-14-37-15-17-39)26(34)31-23(27(35)36)18-19-8-3-1-4-9-19/h1,3-4,8-9,20-23,28,38-39H,2,5-7,10-18H2,(H,29,32)(H,30,33)(H,31,34)(H,35,36)/t20-,21-,22-,23-/m0/s1. The number of thiol groups is 2. The molecule has 10 nitrogen and oxygen atoms in total. The Balaban J connectivity index is 2.11. The molecule has 1 aliphatic rings. The Morgan fingerprint density at radius 1 is 0.897 bits per heavy atom. The van der Waals surface area contributed by atoms with Gasteiger partial charge in [0.1, 0.15) is 18.1 Å². The summed E-state index contributed by atoms with van der Waals surface area (Å²) < 4.78 is 5.47. The van der Waals surface area contributed by atoms with Crippen molar-refractivity contribution < 1.29 is 29.0 Å². The van der Waals surface area contributed by atoms with Gasteiger partial charge in [0.15, 0.2) is 0 Å². The largest absolute Gasteiger partial charge is 0.480 e. The zero-order chi connectivity index (χ0) is 28.5. The molecule has 0 aliphatic carbocycles. The summed E-state index contributed by atoms with van der Waals surface area (Å²) in [6, 6.07) is 5.59. The quantitative estimate of drug-likeness (QED) is 0.0963.